The molecule has 0 amide bonds. The maximum atomic E-state index is 12.7. The summed E-state index contributed by atoms with van der Waals surface area (Å²) in [6.45, 7) is 0.319. The first-order valence-electron chi connectivity index (χ1n) is 7.22. The van der Waals surface area contributed by atoms with Gasteiger partial charge in [-0.05, 0) is 12.1 Å². The van der Waals surface area contributed by atoms with Crippen molar-refractivity contribution in [1.82, 2.24) is 9.55 Å². The molecular weight excluding hydrogens is 310 g/mol. The maximum absolute atomic E-state index is 12.7. The van der Waals surface area contributed by atoms with Crippen molar-refractivity contribution in [1.29, 1.82) is 0 Å². The predicted molar refractivity (Wildman–Crippen MR) is 88.0 cm³/mol. The predicted octanol–water partition coefficient (Wildman–Crippen LogP) is 3.10. The molecule has 0 saturated carbocycles. The van der Waals surface area contributed by atoms with Gasteiger partial charge in [0.25, 0.3) is 5.69 Å². The minimum atomic E-state index is -0.508. The molecule has 0 bridgehead atoms. The molecule has 0 radical (unpaired) electrons. The van der Waals surface area contributed by atoms with Crippen molar-refractivity contribution in [2.45, 2.75) is 6.54 Å². The van der Waals surface area contributed by atoms with Crippen molar-refractivity contribution in [2.75, 3.05) is 0 Å². The number of non-ortho nitro benzene ring substituents is 1. The molecule has 118 valence electrons. The van der Waals surface area contributed by atoms with Gasteiger partial charge in [0, 0.05) is 30.1 Å². The zero-order chi connectivity index (χ0) is 16.7. The van der Waals surface area contributed by atoms with E-state index in [9.17, 15) is 14.9 Å². The Labute approximate surface area is 134 Å². The van der Waals surface area contributed by atoms with Gasteiger partial charge in [-0.25, -0.2) is 4.98 Å². The van der Waals surface area contributed by atoms with Gasteiger partial charge in [-0.15, -0.1) is 0 Å². The van der Waals surface area contributed by atoms with Crippen LogP contribution in [0, 0.1) is 10.1 Å². The Hall–Kier alpha value is -3.48. The summed E-state index contributed by atoms with van der Waals surface area (Å²) >= 11 is 0. The van der Waals surface area contributed by atoms with Gasteiger partial charge in [-0.3, -0.25) is 14.9 Å². The van der Waals surface area contributed by atoms with Crippen LogP contribution in [0.1, 0.15) is 5.56 Å². The summed E-state index contributed by atoms with van der Waals surface area (Å²) in [6, 6.07) is 9.56. The van der Waals surface area contributed by atoms with Gasteiger partial charge in [0.1, 0.15) is 11.2 Å². The number of imidazole rings is 1. The quantitative estimate of drug-likeness (QED) is 0.328. The van der Waals surface area contributed by atoms with Crippen molar-refractivity contribution >= 4 is 27.6 Å². The second kappa shape index (κ2) is 5.31. The fourth-order valence-electron chi connectivity index (χ4n) is 2.76. The molecule has 0 saturated heterocycles. The summed E-state index contributed by atoms with van der Waals surface area (Å²) in [5, 5.41) is 11.8. The number of nitro groups is 1. The van der Waals surface area contributed by atoms with E-state index in [1.807, 2.05) is 0 Å². The number of hydrogen-bond donors (Lipinski definition) is 0. The molecule has 2 heterocycles. The first kappa shape index (κ1) is 14.1. The monoisotopic (exact) mass is 321 g/mol. The zero-order valence-electron chi connectivity index (χ0n) is 12.4. The van der Waals surface area contributed by atoms with Crippen LogP contribution in [0.5, 0.6) is 0 Å². The minimum absolute atomic E-state index is 0.139. The summed E-state index contributed by atoms with van der Waals surface area (Å²) in [4.78, 5) is 27.4. The van der Waals surface area contributed by atoms with Crippen LogP contribution in [0.2, 0.25) is 0 Å². The van der Waals surface area contributed by atoms with Gasteiger partial charge < -0.3 is 8.98 Å². The average molecular weight is 321 g/mol. The van der Waals surface area contributed by atoms with Crippen molar-refractivity contribution in [2.24, 2.45) is 0 Å². The lowest BCUT2D eigenvalue weighted by Crippen LogP contribution is -2.06. The van der Waals surface area contributed by atoms with Crippen molar-refractivity contribution in [3.05, 3.63) is 81.0 Å². The molecule has 0 aliphatic heterocycles. The highest BCUT2D eigenvalue weighted by molar-refractivity contribution is 5.92. The molecule has 0 N–H and O–H groups in total. The standard InChI is InChI=1S/C17H11N3O4/c21-16-13-3-1-2-4-15(13)24-17-11(9-19-6-5-18-10-19)7-12(20(22)23)8-14(16)17/h1-8,10H,9H2. The van der Waals surface area contributed by atoms with E-state index in [2.05, 4.69) is 4.98 Å². The Morgan fingerprint density at radius 1 is 1.21 bits per heavy atom. The SMILES string of the molecule is O=c1c2ccccc2oc2c(Cn3ccnc3)cc([N+](=O)[O-])cc12. The number of hydrogen-bond acceptors (Lipinski definition) is 5. The number of aromatic nitrogens is 2. The van der Waals surface area contributed by atoms with Gasteiger partial charge >= 0.3 is 0 Å². The van der Waals surface area contributed by atoms with Crippen molar-refractivity contribution in [3.8, 4) is 0 Å². The third-order valence-corrected chi connectivity index (χ3v) is 3.86. The highest BCUT2D eigenvalue weighted by Crippen LogP contribution is 2.27. The lowest BCUT2D eigenvalue weighted by Gasteiger charge is -2.08. The molecule has 0 atom stereocenters. The van der Waals surface area contributed by atoms with Gasteiger partial charge in [-0.2, -0.15) is 0 Å². The van der Waals surface area contributed by atoms with Crippen LogP contribution >= 0.6 is 0 Å². The number of nitro benzene ring substituents is 1. The highest BCUT2D eigenvalue weighted by Gasteiger charge is 2.17. The first-order chi connectivity index (χ1) is 11.6. The Morgan fingerprint density at radius 3 is 2.79 bits per heavy atom. The third kappa shape index (κ3) is 2.23. The van der Waals surface area contributed by atoms with Gasteiger partial charge in [-0.1, -0.05) is 12.1 Å². The van der Waals surface area contributed by atoms with Crippen LogP contribution in [0.25, 0.3) is 21.9 Å². The Morgan fingerprint density at radius 2 is 2.04 bits per heavy atom. The van der Waals surface area contributed by atoms with E-state index in [1.165, 1.54) is 12.1 Å². The van der Waals surface area contributed by atoms with Crippen LogP contribution in [-0.2, 0) is 6.54 Å². The van der Waals surface area contributed by atoms with Crippen molar-refractivity contribution in [3.63, 3.8) is 0 Å². The van der Waals surface area contributed by atoms with E-state index in [-0.39, 0.29) is 16.5 Å². The Kier molecular flexibility index (Phi) is 3.13. The molecule has 4 rings (SSSR count). The molecule has 2 aromatic carbocycles. The number of rotatable bonds is 3. The molecule has 24 heavy (non-hydrogen) atoms. The van der Waals surface area contributed by atoms with Crippen LogP contribution in [0.15, 0.2) is 64.3 Å². The topological polar surface area (TPSA) is 91.2 Å². The molecule has 2 aromatic heterocycles. The second-order valence-corrected chi connectivity index (χ2v) is 5.40. The second-order valence-electron chi connectivity index (χ2n) is 5.40. The lowest BCUT2D eigenvalue weighted by molar-refractivity contribution is -0.384. The van der Waals surface area contributed by atoms with E-state index in [0.717, 1.165) is 0 Å². The summed E-state index contributed by atoms with van der Waals surface area (Å²) < 4.78 is 7.64. The zero-order valence-corrected chi connectivity index (χ0v) is 12.4. The van der Waals surface area contributed by atoms with E-state index >= 15 is 0 Å². The largest absolute Gasteiger partial charge is 0.455 e. The average Bonchev–Trinajstić information content (AvgIpc) is 3.08. The molecule has 7 heteroatoms. The van der Waals surface area contributed by atoms with Gasteiger partial charge in [0.05, 0.1) is 28.6 Å². The number of benzene rings is 2. The normalized spacial score (nSPS) is 11.2. The fourth-order valence-corrected chi connectivity index (χ4v) is 2.76. The van der Waals surface area contributed by atoms with E-state index in [0.29, 0.717) is 28.7 Å². The number of fused-ring (bicyclic) bond motifs is 2. The van der Waals surface area contributed by atoms with Gasteiger partial charge in [0.2, 0.25) is 5.43 Å². The smallest absolute Gasteiger partial charge is 0.270 e. The van der Waals surface area contributed by atoms with Crippen molar-refractivity contribution < 1.29 is 9.34 Å². The van der Waals surface area contributed by atoms with E-state index < -0.39 is 4.92 Å². The first-order valence-corrected chi connectivity index (χ1v) is 7.22. The molecule has 7 nitrogen and oxygen atoms in total. The molecule has 0 fully saturated rings. The molecule has 0 aliphatic rings. The van der Waals surface area contributed by atoms with Crippen LogP contribution in [-0.4, -0.2) is 14.5 Å². The molecule has 0 aliphatic carbocycles. The number of nitrogens with zero attached hydrogens (tertiary/aromatic N) is 3. The molecule has 0 spiro atoms. The van der Waals surface area contributed by atoms with E-state index in [1.54, 1.807) is 47.6 Å². The van der Waals surface area contributed by atoms with E-state index in [4.69, 9.17) is 4.42 Å². The lowest BCUT2D eigenvalue weighted by atomic mass is 10.1. The van der Waals surface area contributed by atoms with Gasteiger partial charge in [0.15, 0.2) is 0 Å². The fraction of sp³-hybridized carbons (Fsp3) is 0.0588. The Bertz CT molecular complexity index is 1130. The minimum Gasteiger partial charge on any atom is -0.455 e. The van der Waals surface area contributed by atoms with Crippen LogP contribution in [0.3, 0.4) is 0 Å². The maximum Gasteiger partial charge on any atom is 0.270 e. The van der Waals surface area contributed by atoms with Crippen LogP contribution in [0.4, 0.5) is 5.69 Å². The summed E-state index contributed by atoms with van der Waals surface area (Å²) in [5.74, 6) is 0. The highest BCUT2D eigenvalue weighted by atomic mass is 16.6. The summed E-state index contributed by atoms with van der Waals surface area (Å²) in [5.41, 5.74) is 0.955. The van der Waals surface area contributed by atoms with Crippen LogP contribution < -0.4 is 5.43 Å². The summed E-state index contributed by atoms with van der Waals surface area (Å²) in [6.07, 6.45) is 4.96. The molecular formula is C17H11N3O4. The summed E-state index contributed by atoms with van der Waals surface area (Å²) in [7, 11) is 0. The third-order valence-electron chi connectivity index (χ3n) is 3.86. The molecule has 4 aromatic rings. The number of para-hydroxylation sites is 1. The Balaban J connectivity index is 2.08. The molecule has 0 unspecified atom stereocenters.